The second-order valence-electron chi connectivity index (χ2n) is 8.59. The van der Waals surface area contributed by atoms with Crippen molar-refractivity contribution >= 4 is 11.8 Å². The summed E-state index contributed by atoms with van der Waals surface area (Å²) in [6.45, 7) is 7.44. The minimum absolute atomic E-state index is 0.000166. The smallest absolute Gasteiger partial charge is 0.311 e. The summed E-state index contributed by atoms with van der Waals surface area (Å²) >= 11 is 0. The van der Waals surface area contributed by atoms with E-state index >= 15 is 0 Å². The topological polar surface area (TPSA) is 85.0 Å². The number of nitrogens with zero attached hydrogens (tertiary/aromatic N) is 3. The summed E-state index contributed by atoms with van der Waals surface area (Å²) in [5.74, 6) is -0.196. The van der Waals surface area contributed by atoms with E-state index in [1.165, 1.54) is 7.11 Å². The fourth-order valence-corrected chi connectivity index (χ4v) is 3.61. The molecule has 0 atom stereocenters. The number of Topliss-reactive ketones (excluding diaryl/α,β-unsaturated/α-hetero) is 1. The third-order valence-corrected chi connectivity index (χ3v) is 5.31. The van der Waals surface area contributed by atoms with Crippen LogP contribution in [0.15, 0.2) is 24.3 Å². The van der Waals surface area contributed by atoms with Crippen molar-refractivity contribution in [3.8, 4) is 17.3 Å². The van der Waals surface area contributed by atoms with Gasteiger partial charge in [0.2, 0.25) is 0 Å². The van der Waals surface area contributed by atoms with Crippen LogP contribution in [0.1, 0.15) is 80.5 Å². The zero-order chi connectivity index (χ0) is 21.3. The van der Waals surface area contributed by atoms with Gasteiger partial charge >= 0.3 is 5.97 Å². The van der Waals surface area contributed by atoms with Gasteiger partial charge in [-0.05, 0) is 58.6 Å². The SMILES string of the molecule is COC(=O)C(C)(C)CC(=O)c1c(C2CC2)c(-c2ccc(C#N)cc2)nn1C(C)C. The molecule has 0 aliphatic heterocycles. The van der Waals surface area contributed by atoms with Crippen molar-refractivity contribution < 1.29 is 14.3 Å². The molecular weight excluding hydrogens is 366 g/mol. The van der Waals surface area contributed by atoms with Crippen molar-refractivity contribution in [3.05, 3.63) is 41.1 Å². The number of benzene rings is 1. The van der Waals surface area contributed by atoms with Crippen LogP contribution in [0.4, 0.5) is 0 Å². The molecule has 1 fully saturated rings. The molecule has 1 saturated carbocycles. The molecule has 6 heteroatoms. The number of ketones is 1. The molecule has 0 N–H and O–H groups in total. The number of carbonyl (C=O) groups is 2. The van der Waals surface area contributed by atoms with Crippen molar-refractivity contribution in [2.45, 2.75) is 58.9 Å². The lowest BCUT2D eigenvalue weighted by Crippen LogP contribution is -2.29. The van der Waals surface area contributed by atoms with E-state index in [1.807, 2.05) is 26.0 Å². The summed E-state index contributed by atoms with van der Waals surface area (Å²) in [4.78, 5) is 25.5. The Kier molecular flexibility index (Phi) is 5.61. The zero-order valence-corrected chi connectivity index (χ0v) is 17.7. The number of ether oxygens (including phenoxy) is 1. The highest BCUT2D eigenvalue weighted by Crippen LogP contribution is 2.47. The second-order valence-corrected chi connectivity index (χ2v) is 8.59. The minimum atomic E-state index is -0.909. The molecule has 3 rings (SSSR count). The van der Waals surface area contributed by atoms with Crippen LogP contribution >= 0.6 is 0 Å². The molecule has 0 saturated heterocycles. The molecule has 1 aliphatic rings. The maximum Gasteiger partial charge on any atom is 0.311 e. The minimum Gasteiger partial charge on any atom is -0.469 e. The molecular formula is C23H27N3O3. The maximum atomic E-state index is 13.4. The van der Waals surface area contributed by atoms with E-state index in [9.17, 15) is 9.59 Å². The Morgan fingerprint density at radius 3 is 2.38 bits per heavy atom. The lowest BCUT2D eigenvalue weighted by Gasteiger charge is -2.21. The van der Waals surface area contributed by atoms with E-state index in [0.29, 0.717) is 17.2 Å². The Hall–Kier alpha value is -2.94. The maximum absolute atomic E-state index is 13.4. The summed E-state index contributed by atoms with van der Waals surface area (Å²) in [6, 6.07) is 9.42. The number of aromatic nitrogens is 2. The van der Waals surface area contributed by atoms with E-state index in [2.05, 4.69) is 6.07 Å². The van der Waals surface area contributed by atoms with Crippen molar-refractivity contribution in [3.63, 3.8) is 0 Å². The lowest BCUT2D eigenvalue weighted by molar-refractivity contribution is -0.150. The lowest BCUT2D eigenvalue weighted by atomic mass is 9.85. The molecule has 6 nitrogen and oxygen atoms in total. The number of methoxy groups -OCH3 is 1. The highest BCUT2D eigenvalue weighted by molar-refractivity contribution is 6.00. The first-order valence-electron chi connectivity index (χ1n) is 9.94. The number of hydrogen-bond acceptors (Lipinski definition) is 5. The van der Waals surface area contributed by atoms with Crippen molar-refractivity contribution in [1.29, 1.82) is 5.26 Å². The first kappa shape index (κ1) is 20.8. The van der Waals surface area contributed by atoms with Crippen LogP contribution in [-0.2, 0) is 9.53 Å². The average molecular weight is 393 g/mol. The van der Waals surface area contributed by atoms with Crippen LogP contribution in [0.25, 0.3) is 11.3 Å². The molecule has 1 aromatic carbocycles. The normalized spacial score (nSPS) is 14.0. The molecule has 2 aromatic rings. The van der Waals surface area contributed by atoms with E-state index < -0.39 is 11.4 Å². The highest BCUT2D eigenvalue weighted by Gasteiger charge is 2.39. The van der Waals surface area contributed by atoms with Crippen molar-refractivity contribution in [1.82, 2.24) is 9.78 Å². The largest absolute Gasteiger partial charge is 0.469 e. The molecule has 0 radical (unpaired) electrons. The van der Waals surface area contributed by atoms with E-state index in [1.54, 1.807) is 30.7 Å². The second kappa shape index (κ2) is 7.82. The van der Waals surface area contributed by atoms with Crippen LogP contribution in [0.3, 0.4) is 0 Å². The summed E-state index contributed by atoms with van der Waals surface area (Å²) < 4.78 is 6.66. The van der Waals surface area contributed by atoms with Crippen LogP contribution in [0.2, 0.25) is 0 Å². The number of carbonyl (C=O) groups excluding carboxylic acids is 2. The number of rotatable bonds is 7. The standard InChI is InChI=1S/C23H27N3O3/c1-14(2)26-21(18(27)12-23(3,4)22(28)29-5)19(16-10-11-16)20(25-26)17-8-6-15(13-24)7-9-17/h6-9,14,16H,10-12H2,1-5H3. The fourth-order valence-electron chi connectivity index (χ4n) is 3.61. The Labute approximate surface area is 171 Å². The van der Waals surface area contributed by atoms with Gasteiger partial charge in [0, 0.05) is 23.6 Å². The van der Waals surface area contributed by atoms with Crippen LogP contribution in [0, 0.1) is 16.7 Å². The average Bonchev–Trinajstić information content (AvgIpc) is 3.45. The molecule has 1 aromatic heterocycles. The zero-order valence-electron chi connectivity index (χ0n) is 17.7. The Morgan fingerprint density at radius 1 is 1.28 bits per heavy atom. The van der Waals surface area contributed by atoms with Crippen molar-refractivity contribution in [2.75, 3.05) is 7.11 Å². The Morgan fingerprint density at radius 2 is 1.90 bits per heavy atom. The first-order chi connectivity index (χ1) is 13.7. The van der Waals surface area contributed by atoms with Gasteiger partial charge in [0.25, 0.3) is 0 Å². The molecule has 1 heterocycles. The van der Waals surface area contributed by atoms with Gasteiger partial charge < -0.3 is 4.74 Å². The van der Waals surface area contributed by atoms with E-state index in [4.69, 9.17) is 15.1 Å². The summed E-state index contributed by atoms with van der Waals surface area (Å²) in [5, 5.41) is 13.9. The number of esters is 1. The van der Waals surface area contributed by atoms with Crippen LogP contribution in [-0.4, -0.2) is 28.6 Å². The third kappa shape index (κ3) is 4.09. The van der Waals surface area contributed by atoms with Gasteiger partial charge in [-0.2, -0.15) is 10.4 Å². The van der Waals surface area contributed by atoms with Gasteiger partial charge in [0.1, 0.15) is 5.69 Å². The summed E-state index contributed by atoms with van der Waals surface area (Å²) in [5.41, 5.74) is 2.93. The molecule has 29 heavy (non-hydrogen) atoms. The first-order valence-corrected chi connectivity index (χ1v) is 9.94. The molecule has 0 unspecified atom stereocenters. The van der Waals surface area contributed by atoms with Gasteiger partial charge in [-0.3, -0.25) is 14.3 Å². The molecule has 0 amide bonds. The predicted octanol–water partition coefficient (Wildman–Crippen LogP) is 4.65. The van der Waals surface area contributed by atoms with Crippen LogP contribution in [0.5, 0.6) is 0 Å². The molecule has 0 spiro atoms. The molecule has 0 bridgehead atoms. The van der Waals surface area contributed by atoms with Crippen LogP contribution < -0.4 is 0 Å². The Balaban J connectivity index is 2.10. The van der Waals surface area contributed by atoms with Gasteiger partial charge in [-0.15, -0.1) is 0 Å². The monoisotopic (exact) mass is 393 g/mol. The van der Waals surface area contributed by atoms with Gasteiger partial charge in [0.05, 0.1) is 29.9 Å². The summed E-state index contributed by atoms with van der Waals surface area (Å²) in [7, 11) is 1.34. The van der Waals surface area contributed by atoms with Gasteiger partial charge in [0.15, 0.2) is 5.78 Å². The van der Waals surface area contributed by atoms with E-state index in [-0.39, 0.29) is 18.2 Å². The molecule has 152 valence electrons. The van der Waals surface area contributed by atoms with Crippen molar-refractivity contribution in [2.24, 2.45) is 5.41 Å². The molecule has 1 aliphatic carbocycles. The van der Waals surface area contributed by atoms with Gasteiger partial charge in [-0.25, -0.2) is 0 Å². The highest BCUT2D eigenvalue weighted by atomic mass is 16.5. The number of hydrogen-bond donors (Lipinski definition) is 0. The third-order valence-electron chi connectivity index (χ3n) is 5.31. The van der Waals surface area contributed by atoms with E-state index in [0.717, 1.165) is 29.7 Å². The number of nitriles is 1. The summed E-state index contributed by atoms with van der Waals surface area (Å²) in [6.07, 6.45) is 2.10. The van der Waals surface area contributed by atoms with Gasteiger partial charge in [-0.1, -0.05) is 12.1 Å². The predicted molar refractivity (Wildman–Crippen MR) is 109 cm³/mol. The fraction of sp³-hybridized carbons (Fsp3) is 0.478. The Bertz CT molecular complexity index is 974. The quantitative estimate of drug-likeness (QED) is 0.505.